The van der Waals surface area contributed by atoms with Crippen LogP contribution in [0.15, 0.2) is 52.3 Å². The molecule has 0 fully saturated rings. The summed E-state index contributed by atoms with van der Waals surface area (Å²) in [5.74, 6) is -0.615. The van der Waals surface area contributed by atoms with Crippen molar-refractivity contribution in [1.29, 1.82) is 0 Å². The van der Waals surface area contributed by atoms with Crippen LogP contribution < -0.4 is 15.7 Å². The lowest BCUT2D eigenvalue weighted by atomic mass is 10.1. The number of aromatic nitrogens is 2. The van der Waals surface area contributed by atoms with E-state index in [4.69, 9.17) is 9.84 Å². The Hall–Kier alpha value is -3.35. The number of nitrogens with zero attached hydrogens (tertiary/aromatic N) is 1. The van der Waals surface area contributed by atoms with E-state index in [1.807, 2.05) is 12.1 Å². The normalized spacial score (nSPS) is 10.7. The first-order chi connectivity index (χ1) is 11.5. The predicted molar refractivity (Wildman–Crippen MR) is 87.9 cm³/mol. The molecule has 0 atom stereocenters. The number of carboxylic acid groups (broad SMARTS) is 1. The van der Waals surface area contributed by atoms with Crippen LogP contribution in [0.3, 0.4) is 0 Å². The van der Waals surface area contributed by atoms with Gasteiger partial charge in [0.2, 0.25) is 5.43 Å². The van der Waals surface area contributed by atoms with Gasteiger partial charge in [0.1, 0.15) is 16.8 Å². The Labute approximate surface area is 135 Å². The van der Waals surface area contributed by atoms with Crippen molar-refractivity contribution in [3.8, 4) is 5.75 Å². The molecule has 0 unspecified atom stereocenters. The molecule has 3 aromatic rings. The highest BCUT2D eigenvalue weighted by atomic mass is 16.5. The first kappa shape index (κ1) is 15.5. The minimum Gasteiger partial charge on any atom is -0.497 e. The quantitative estimate of drug-likeness (QED) is 0.755. The van der Waals surface area contributed by atoms with Gasteiger partial charge in [0.25, 0.3) is 5.56 Å². The van der Waals surface area contributed by atoms with Crippen LogP contribution in [0, 0.1) is 0 Å². The molecule has 24 heavy (non-hydrogen) atoms. The van der Waals surface area contributed by atoms with E-state index in [1.54, 1.807) is 19.2 Å². The van der Waals surface area contributed by atoms with Crippen molar-refractivity contribution in [2.75, 3.05) is 7.11 Å². The van der Waals surface area contributed by atoms with Gasteiger partial charge >= 0.3 is 5.97 Å². The number of hydrogen-bond donors (Lipinski definition) is 2. The maximum absolute atomic E-state index is 12.5. The van der Waals surface area contributed by atoms with E-state index in [0.717, 1.165) is 17.5 Å². The monoisotopic (exact) mass is 326 g/mol. The van der Waals surface area contributed by atoms with Gasteiger partial charge in [0, 0.05) is 12.4 Å². The van der Waals surface area contributed by atoms with Crippen molar-refractivity contribution in [3.63, 3.8) is 0 Å². The van der Waals surface area contributed by atoms with E-state index in [2.05, 4.69) is 4.98 Å². The van der Waals surface area contributed by atoms with Crippen molar-refractivity contribution >= 4 is 16.9 Å². The number of aromatic carboxylic acids is 1. The standard InChI is InChI=1S/C17H14N2O5/c1-24-11-4-2-10(3-5-11)9-19-7-6-12-14(16(19)21)18-8-13(15(12)20)17(22)23/h2-8H,9H2,1H3,(H,18,20)(H,22,23). The highest BCUT2D eigenvalue weighted by molar-refractivity contribution is 5.91. The number of nitrogens with one attached hydrogen (secondary N) is 1. The fourth-order valence-corrected chi connectivity index (χ4v) is 2.47. The highest BCUT2D eigenvalue weighted by Crippen LogP contribution is 2.12. The summed E-state index contributed by atoms with van der Waals surface area (Å²) in [7, 11) is 1.57. The topological polar surface area (TPSA) is 101 Å². The lowest BCUT2D eigenvalue weighted by Crippen LogP contribution is -2.25. The molecule has 0 bridgehead atoms. The number of rotatable bonds is 4. The van der Waals surface area contributed by atoms with Crippen molar-refractivity contribution < 1.29 is 14.6 Å². The first-order valence-corrected chi connectivity index (χ1v) is 7.12. The fraction of sp³-hybridized carbons (Fsp3) is 0.118. The Morgan fingerprint density at radius 1 is 1.21 bits per heavy atom. The van der Waals surface area contributed by atoms with Crippen LogP contribution in [0.5, 0.6) is 5.75 Å². The minimum atomic E-state index is -1.33. The summed E-state index contributed by atoms with van der Waals surface area (Å²) in [6.07, 6.45) is 2.53. The van der Waals surface area contributed by atoms with E-state index >= 15 is 0 Å². The van der Waals surface area contributed by atoms with Crippen LogP contribution in [0.1, 0.15) is 15.9 Å². The molecule has 1 aromatic carbocycles. The molecule has 0 aliphatic rings. The number of H-pyrrole nitrogens is 1. The molecule has 0 aliphatic heterocycles. The molecule has 2 heterocycles. The van der Waals surface area contributed by atoms with Gasteiger partial charge in [-0.1, -0.05) is 12.1 Å². The minimum absolute atomic E-state index is 0.0610. The molecule has 2 aromatic heterocycles. The zero-order valence-corrected chi connectivity index (χ0v) is 12.8. The summed E-state index contributed by atoms with van der Waals surface area (Å²) < 4.78 is 6.53. The number of pyridine rings is 2. The molecule has 0 saturated heterocycles. The molecule has 0 amide bonds. The molecule has 0 radical (unpaired) electrons. The third-order valence-electron chi connectivity index (χ3n) is 3.76. The lowest BCUT2D eigenvalue weighted by Gasteiger charge is -2.08. The Morgan fingerprint density at radius 2 is 1.92 bits per heavy atom. The average molecular weight is 326 g/mol. The van der Waals surface area contributed by atoms with Crippen molar-refractivity contribution in [2.45, 2.75) is 6.54 Å². The van der Waals surface area contributed by atoms with Crippen molar-refractivity contribution in [2.24, 2.45) is 0 Å². The number of aromatic amines is 1. The molecular weight excluding hydrogens is 312 g/mol. The molecular formula is C17H14N2O5. The van der Waals surface area contributed by atoms with Crippen LogP contribution in [0.25, 0.3) is 10.9 Å². The number of carboxylic acids is 1. The van der Waals surface area contributed by atoms with E-state index in [-0.39, 0.29) is 10.9 Å². The lowest BCUT2D eigenvalue weighted by molar-refractivity contribution is 0.0695. The van der Waals surface area contributed by atoms with Gasteiger partial charge in [-0.2, -0.15) is 0 Å². The number of carbonyl (C=O) groups is 1. The third-order valence-corrected chi connectivity index (χ3v) is 3.76. The highest BCUT2D eigenvalue weighted by Gasteiger charge is 2.14. The first-order valence-electron chi connectivity index (χ1n) is 7.12. The fourth-order valence-electron chi connectivity index (χ4n) is 2.47. The molecule has 0 spiro atoms. The summed E-state index contributed by atoms with van der Waals surface area (Å²) in [4.78, 5) is 38.2. The van der Waals surface area contributed by atoms with E-state index in [1.165, 1.54) is 16.8 Å². The van der Waals surface area contributed by atoms with Gasteiger partial charge in [-0.25, -0.2) is 4.79 Å². The maximum atomic E-state index is 12.5. The Balaban J connectivity index is 2.05. The SMILES string of the molecule is COc1ccc(Cn2ccc3c(=O)c(C(=O)O)c[nH]c3c2=O)cc1. The molecule has 7 nitrogen and oxygen atoms in total. The molecule has 0 saturated carbocycles. The smallest absolute Gasteiger partial charge is 0.341 e. The van der Waals surface area contributed by atoms with Crippen molar-refractivity contribution in [3.05, 3.63) is 74.4 Å². The van der Waals surface area contributed by atoms with Crippen LogP contribution in [0.2, 0.25) is 0 Å². The van der Waals surface area contributed by atoms with Gasteiger partial charge in [-0.15, -0.1) is 0 Å². The second kappa shape index (κ2) is 6.04. The van der Waals surface area contributed by atoms with Gasteiger partial charge in [0.05, 0.1) is 19.0 Å². The van der Waals surface area contributed by atoms with Crippen LogP contribution in [-0.2, 0) is 6.54 Å². The molecule has 122 valence electrons. The van der Waals surface area contributed by atoms with Crippen LogP contribution in [0.4, 0.5) is 0 Å². The predicted octanol–water partition coefficient (Wildman–Crippen LogP) is 1.44. The number of hydrogen-bond acceptors (Lipinski definition) is 4. The van der Waals surface area contributed by atoms with E-state index in [0.29, 0.717) is 6.54 Å². The maximum Gasteiger partial charge on any atom is 0.341 e. The summed E-state index contributed by atoms with van der Waals surface area (Å²) in [5.41, 5.74) is -0.486. The van der Waals surface area contributed by atoms with Gasteiger partial charge in [-0.3, -0.25) is 9.59 Å². The van der Waals surface area contributed by atoms with Gasteiger partial charge < -0.3 is 19.4 Å². The second-order valence-electron chi connectivity index (χ2n) is 5.22. The zero-order valence-electron chi connectivity index (χ0n) is 12.8. The summed E-state index contributed by atoms with van der Waals surface area (Å²) >= 11 is 0. The van der Waals surface area contributed by atoms with Crippen molar-refractivity contribution in [1.82, 2.24) is 9.55 Å². The Bertz CT molecular complexity index is 1030. The zero-order chi connectivity index (χ0) is 17.3. The Morgan fingerprint density at radius 3 is 2.54 bits per heavy atom. The third kappa shape index (κ3) is 2.67. The average Bonchev–Trinajstić information content (AvgIpc) is 2.58. The number of benzene rings is 1. The number of ether oxygens (including phenoxy) is 1. The van der Waals surface area contributed by atoms with Gasteiger partial charge in [-0.05, 0) is 23.8 Å². The van der Waals surface area contributed by atoms with E-state index in [9.17, 15) is 14.4 Å². The second-order valence-corrected chi connectivity index (χ2v) is 5.22. The summed E-state index contributed by atoms with van der Waals surface area (Å²) in [5, 5.41) is 9.03. The Kier molecular flexibility index (Phi) is 3.91. The largest absolute Gasteiger partial charge is 0.497 e. The number of methoxy groups -OCH3 is 1. The molecule has 7 heteroatoms. The van der Waals surface area contributed by atoms with Crippen LogP contribution in [-0.4, -0.2) is 27.7 Å². The summed E-state index contributed by atoms with van der Waals surface area (Å²) in [6.45, 7) is 0.321. The van der Waals surface area contributed by atoms with E-state index < -0.39 is 22.5 Å². The van der Waals surface area contributed by atoms with Crippen LogP contribution >= 0.6 is 0 Å². The van der Waals surface area contributed by atoms with Gasteiger partial charge in [0.15, 0.2) is 0 Å². The number of fused-ring (bicyclic) bond motifs is 1. The molecule has 2 N–H and O–H groups in total. The molecule has 0 aliphatic carbocycles. The molecule has 3 rings (SSSR count). The summed E-state index contributed by atoms with van der Waals surface area (Å²) in [6, 6.07) is 8.72.